The highest BCUT2D eigenvalue weighted by Gasteiger charge is 2.16. The highest BCUT2D eigenvalue weighted by atomic mass is 16.1. The molecule has 4 heteroatoms. The van der Waals surface area contributed by atoms with Crippen molar-refractivity contribution in [2.24, 2.45) is 0 Å². The van der Waals surface area contributed by atoms with Crippen molar-refractivity contribution in [1.29, 1.82) is 0 Å². The second-order valence-corrected chi connectivity index (χ2v) is 5.76. The molecule has 0 amide bonds. The Hall–Kier alpha value is -2.75. The van der Waals surface area contributed by atoms with Crippen LogP contribution in [0, 0.1) is 13.8 Å². The van der Waals surface area contributed by atoms with E-state index in [1.807, 2.05) is 74.3 Å². The van der Waals surface area contributed by atoms with Crippen LogP contribution in [0.25, 0.3) is 11.0 Å². The zero-order valence-corrected chi connectivity index (χ0v) is 13.6. The molecule has 0 unspecified atom stereocenters. The van der Waals surface area contributed by atoms with E-state index < -0.39 is 0 Å². The van der Waals surface area contributed by atoms with Crippen LogP contribution in [0.5, 0.6) is 0 Å². The number of rotatable bonds is 4. The molecule has 0 radical (unpaired) electrons. The van der Waals surface area contributed by atoms with Gasteiger partial charge in [-0.15, -0.1) is 0 Å². The average molecular weight is 305 g/mol. The molecule has 2 aromatic carbocycles. The van der Waals surface area contributed by atoms with Crippen LogP contribution in [0.2, 0.25) is 0 Å². The molecule has 0 aliphatic carbocycles. The van der Waals surface area contributed by atoms with E-state index >= 15 is 0 Å². The number of hydrogen-bond donors (Lipinski definition) is 0. The number of anilines is 1. The molecule has 23 heavy (non-hydrogen) atoms. The summed E-state index contributed by atoms with van der Waals surface area (Å²) < 4.78 is 0. The van der Waals surface area contributed by atoms with Crippen LogP contribution >= 0.6 is 0 Å². The van der Waals surface area contributed by atoms with Crippen molar-refractivity contribution in [1.82, 2.24) is 9.97 Å². The van der Waals surface area contributed by atoms with Crippen molar-refractivity contribution in [2.45, 2.75) is 13.8 Å². The normalized spacial score (nSPS) is 10.7. The first kappa shape index (κ1) is 15.2. The summed E-state index contributed by atoms with van der Waals surface area (Å²) in [5.41, 5.74) is 4.89. The zero-order valence-electron chi connectivity index (χ0n) is 13.6. The standard InChI is InChI=1S/C19H19N3O/c1-13-8-10-15(11-9-13)22(3)12-18(23)19-14(2)20-16-6-4-5-7-17(16)21-19/h4-11H,12H2,1-3H3. The molecule has 1 heterocycles. The predicted octanol–water partition coefficient (Wildman–Crippen LogP) is 3.57. The first-order valence-electron chi connectivity index (χ1n) is 7.59. The highest BCUT2D eigenvalue weighted by molar-refractivity contribution is 5.99. The molecule has 0 saturated carbocycles. The fourth-order valence-electron chi connectivity index (χ4n) is 2.53. The van der Waals surface area contributed by atoms with Gasteiger partial charge < -0.3 is 4.90 Å². The number of likely N-dealkylation sites (N-methyl/N-ethyl adjacent to an activating group) is 1. The minimum absolute atomic E-state index is 0.0242. The molecule has 0 saturated heterocycles. The lowest BCUT2D eigenvalue weighted by Crippen LogP contribution is -2.27. The number of ketones is 1. The Morgan fingerprint density at radius 3 is 2.22 bits per heavy atom. The molecule has 0 fully saturated rings. The molecule has 4 nitrogen and oxygen atoms in total. The van der Waals surface area contributed by atoms with Gasteiger partial charge in [-0.2, -0.15) is 0 Å². The topological polar surface area (TPSA) is 46.1 Å². The van der Waals surface area contributed by atoms with Crippen LogP contribution in [0.15, 0.2) is 48.5 Å². The van der Waals surface area contributed by atoms with Gasteiger partial charge in [0, 0.05) is 12.7 Å². The number of nitrogens with zero attached hydrogens (tertiary/aromatic N) is 3. The van der Waals surface area contributed by atoms with E-state index in [2.05, 4.69) is 9.97 Å². The highest BCUT2D eigenvalue weighted by Crippen LogP contribution is 2.16. The number of para-hydroxylation sites is 2. The Kier molecular flexibility index (Phi) is 4.06. The van der Waals surface area contributed by atoms with Crippen molar-refractivity contribution < 1.29 is 4.79 Å². The number of Topliss-reactive ketones (excluding diaryl/α,β-unsaturated/α-hetero) is 1. The minimum atomic E-state index is -0.0242. The first-order valence-corrected chi connectivity index (χ1v) is 7.59. The molecule has 1 aromatic heterocycles. The fourth-order valence-corrected chi connectivity index (χ4v) is 2.53. The van der Waals surface area contributed by atoms with Gasteiger partial charge in [-0.1, -0.05) is 29.8 Å². The molecule has 3 aromatic rings. The van der Waals surface area contributed by atoms with Crippen LogP contribution in [-0.2, 0) is 0 Å². The largest absolute Gasteiger partial charge is 0.367 e. The van der Waals surface area contributed by atoms with Crippen LogP contribution in [0.3, 0.4) is 0 Å². The van der Waals surface area contributed by atoms with Crippen molar-refractivity contribution in [3.05, 3.63) is 65.5 Å². The van der Waals surface area contributed by atoms with E-state index in [1.54, 1.807) is 0 Å². The van der Waals surface area contributed by atoms with Gasteiger partial charge in [0.1, 0.15) is 5.69 Å². The summed E-state index contributed by atoms with van der Waals surface area (Å²) in [6, 6.07) is 15.7. The molecule has 0 bridgehead atoms. The summed E-state index contributed by atoms with van der Waals surface area (Å²) in [7, 11) is 1.91. The second kappa shape index (κ2) is 6.16. The number of aryl methyl sites for hydroxylation is 2. The molecular formula is C19H19N3O. The van der Waals surface area contributed by atoms with Gasteiger partial charge in [-0.3, -0.25) is 4.79 Å². The third-order valence-corrected chi connectivity index (χ3v) is 3.86. The summed E-state index contributed by atoms with van der Waals surface area (Å²) >= 11 is 0. The Morgan fingerprint density at radius 2 is 1.57 bits per heavy atom. The minimum Gasteiger partial charge on any atom is -0.367 e. The molecule has 0 N–H and O–H groups in total. The van der Waals surface area contributed by atoms with E-state index in [0.717, 1.165) is 16.7 Å². The molecule has 0 aliphatic heterocycles. The van der Waals surface area contributed by atoms with Gasteiger partial charge >= 0.3 is 0 Å². The van der Waals surface area contributed by atoms with Crippen molar-refractivity contribution in [3.8, 4) is 0 Å². The molecule has 0 atom stereocenters. The number of benzene rings is 2. The lowest BCUT2D eigenvalue weighted by molar-refractivity contribution is 0.0995. The predicted molar refractivity (Wildman–Crippen MR) is 93.1 cm³/mol. The van der Waals surface area contributed by atoms with Gasteiger partial charge in [0.2, 0.25) is 5.78 Å². The van der Waals surface area contributed by atoms with Crippen LogP contribution in [-0.4, -0.2) is 29.3 Å². The Morgan fingerprint density at radius 1 is 0.957 bits per heavy atom. The molecule has 0 aliphatic rings. The Balaban J connectivity index is 1.85. The summed E-state index contributed by atoms with van der Waals surface area (Å²) in [5.74, 6) is -0.0242. The fraction of sp³-hybridized carbons (Fsp3) is 0.211. The lowest BCUT2D eigenvalue weighted by atomic mass is 10.1. The van der Waals surface area contributed by atoms with Crippen LogP contribution < -0.4 is 4.90 Å². The Labute approximate surface area is 135 Å². The number of fused-ring (bicyclic) bond motifs is 1. The third-order valence-electron chi connectivity index (χ3n) is 3.86. The third kappa shape index (κ3) is 3.21. The summed E-state index contributed by atoms with van der Waals surface area (Å²) in [6.45, 7) is 4.15. The quantitative estimate of drug-likeness (QED) is 0.691. The van der Waals surface area contributed by atoms with Gasteiger partial charge in [0.25, 0.3) is 0 Å². The van der Waals surface area contributed by atoms with Crippen LogP contribution in [0.4, 0.5) is 5.69 Å². The average Bonchev–Trinajstić information content (AvgIpc) is 2.54. The second-order valence-electron chi connectivity index (χ2n) is 5.76. The van der Waals surface area contributed by atoms with Crippen molar-refractivity contribution in [3.63, 3.8) is 0 Å². The first-order chi connectivity index (χ1) is 11.0. The SMILES string of the molecule is Cc1ccc(N(C)CC(=O)c2nc3ccccc3nc2C)cc1. The number of aromatic nitrogens is 2. The van der Waals surface area contributed by atoms with E-state index in [0.29, 0.717) is 11.4 Å². The van der Waals surface area contributed by atoms with Crippen LogP contribution in [0.1, 0.15) is 21.7 Å². The van der Waals surface area contributed by atoms with E-state index in [4.69, 9.17) is 0 Å². The number of hydrogen-bond acceptors (Lipinski definition) is 4. The maximum atomic E-state index is 12.6. The maximum absolute atomic E-state index is 12.6. The van der Waals surface area contributed by atoms with E-state index in [9.17, 15) is 4.79 Å². The lowest BCUT2D eigenvalue weighted by Gasteiger charge is -2.18. The van der Waals surface area contributed by atoms with Crippen molar-refractivity contribution in [2.75, 3.05) is 18.5 Å². The van der Waals surface area contributed by atoms with E-state index in [1.165, 1.54) is 5.56 Å². The van der Waals surface area contributed by atoms with Gasteiger partial charge in [0.15, 0.2) is 0 Å². The van der Waals surface area contributed by atoms with E-state index in [-0.39, 0.29) is 12.3 Å². The molecule has 0 spiro atoms. The molecule has 3 rings (SSSR count). The van der Waals surface area contributed by atoms with Gasteiger partial charge in [0.05, 0.1) is 23.3 Å². The summed E-state index contributed by atoms with van der Waals surface area (Å²) in [6.07, 6.45) is 0. The smallest absolute Gasteiger partial charge is 0.202 e. The van der Waals surface area contributed by atoms with Gasteiger partial charge in [-0.25, -0.2) is 9.97 Å². The molecule has 116 valence electrons. The summed E-state index contributed by atoms with van der Waals surface area (Å²) in [5, 5.41) is 0. The maximum Gasteiger partial charge on any atom is 0.202 e. The zero-order chi connectivity index (χ0) is 16.4. The number of carbonyl (C=O) groups excluding carboxylic acids is 1. The summed E-state index contributed by atoms with van der Waals surface area (Å²) in [4.78, 5) is 23.5. The monoisotopic (exact) mass is 305 g/mol. The van der Waals surface area contributed by atoms with Crippen molar-refractivity contribution >= 4 is 22.5 Å². The number of carbonyl (C=O) groups is 1. The Bertz CT molecular complexity index is 856. The van der Waals surface area contributed by atoms with Gasteiger partial charge in [-0.05, 0) is 38.1 Å². The molecular weight excluding hydrogens is 286 g/mol.